The molecule has 0 N–H and O–H groups in total. The van der Waals surface area contributed by atoms with E-state index in [1.54, 1.807) is 6.26 Å². The lowest BCUT2D eigenvalue weighted by atomic mass is 9.70. The predicted molar refractivity (Wildman–Crippen MR) is 75.6 cm³/mol. The monoisotopic (exact) mass is 270 g/mol. The van der Waals surface area contributed by atoms with Gasteiger partial charge >= 0.3 is 0 Å². The normalized spacial score (nSPS) is 17.8. The van der Waals surface area contributed by atoms with E-state index < -0.39 is 5.41 Å². The van der Waals surface area contributed by atoms with Crippen LogP contribution < -0.4 is 0 Å². The van der Waals surface area contributed by atoms with Gasteiger partial charge in [-0.1, -0.05) is 30.3 Å². The standard InChI is InChI=1S/C17H18O3/c18-16(13-15-7-4-10-20-15)17(8-11-19-12-9-17)14-5-2-1-3-6-14/h1-7,10H,8-9,11-13H2. The van der Waals surface area contributed by atoms with Crippen molar-refractivity contribution in [1.29, 1.82) is 0 Å². The highest BCUT2D eigenvalue weighted by molar-refractivity contribution is 5.91. The molecule has 1 aliphatic heterocycles. The molecule has 1 aliphatic rings. The number of Topliss-reactive ketones (excluding diaryl/α,β-unsaturated/α-hetero) is 1. The van der Waals surface area contributed by atoms with Crippen LogP contribution in [0.5, 0.6) is 0 Å². The van der Waals surface area contributed by atoms with Crippen LogP contribution in [0.2, 0.25) is 0 Å². The Balaban J connectivity index is 1.91. The summed E-state index contributed by atoms with van der Waals surface area (Å²) in [6.45, 7) is 1.28. The Labute approximate surface area is 118 Å². The van der Waals surface area contributed by atoms with Crippen molar-refractivity contribution in [2.75, 3.05) is 13.2 Å². The molecule has 3 nitrogen and oxygen atoms in total. The molecule has 104 valence electrons. The van der Waals surface area contributed by atoms with E-state index in [4.69, 9.17) is 9.15 Å². The Morgan fingerprint density at radius 1 is 1.05 bits per heavy atom. The van der Waals surface area contributed by atoms with Gasteiger partial charge in [0.15, 0.2) is 5.78 Å². The highest BCUT2D eigenvalue weighted by atomic mass is 16.5. The van der Waals surface area contributed by atoms with Crippen LogP contribution >= 0.6 is 0 Å². The summed E-state index contributed by atoms with van der Waals surface area (Å²) < 4.78 is 10.8. The lowest BCUT2D eigenvalue weighted by molar-refractivity contribution is -0.127. The molecule has 1 fully saturated rings. The SMILES string of the molecule is O=C(Cc1ccco1)C1(c2ccccc2)CCOCC1. The van der Waals surface area contributed by atoms with Crippen LogP contribution in [0.25, 0.3) is 0 Å². The number of carbonyl (C=O) groups excluding carboxylic acids is 1. The van der Waals surface area contributed by atoms with Crippen molar-refractivity contribution in [3.8, 4) is 0 Å². The van der Waals surface area contributed by atoms with E-state index >= 15 is 0 Å². The molecule has 2 heterocycles. The van der Waals surface area contributed by atoms with E-state index in [2.05, 4.69) is 0 Å². The Morgan fingerprint density at radius 2 is 1.80 bits per heavy atom. The smallest absolute Gasteiger partial charge is 0.151 e. The van der Waals surface area contributed by atoms with Crippen LogP contribution in [0.3, 0.4) is 0 Å². The lowest BCUT2D eigenvalue weighted by Gasteiger charge is -2.36. The van der Waals surface area contributed by atoms with Crippen molar-refractivity contribution < 1.29 is 13.9 Å². The van der Waals surface area contributed by atoms with Gasteiger partial charge in [0.05, 0.1) is 18.1 Å². The zero-order chi connectivity index (χ0) is 13.8. The van der Waals surface area contributed by atoms with Crippen molar-refractivity contribution in [3.05, 3.63) is 60.1 Å². The summed E-state index contributed by atoms with van der Waals surface area (Å²) in [6, 6.07) is 13.7. The summed E-state index contributed by atoms with van der Waals surface area (Å²) in [4.78, 5) is 12.9. The molecule has 3 heteroatoms. The maximum atomic E-state index is 12.9. The topological polar surface area (TPSA) is 39.4 Å². The molecule has 3 rings (SSSR count). The highest BCUT2D eigenvalue weighted by Crippen LogP contribution is 2.36. The van der Waals surface area contributed by atoms with Gasteiger partial charge in [0.1, 0.15) is 5.76 Å². The summed E-state index contributed by atoms with van der Waals surface area (Å²) in [5.41, 5.74) is 0.673. The van der Waals surface area contributed by atoms with Gasteiger partial charge in [-0.25, -0.2) is 0 Å². The van der Waals surface area contributed by atoms with E-state index in [-0.39, 0.29) is 5.78 Å². The molecule has 1 saturated heterocycles. The minimum atomic E-state index is -0.424. The van der Waals surface area contributed by atoms with Crippen LogP contribution in [0, 0.1) is 0 Å². The van der Waals surface area contributed by atoms with Gasteiger partial charge in [0, 0.05) is 13.2 Å². The summed E-state index contributed by atoms with van der Waals surface area (Å²) in [5.74, 6) is 0.957. The third kappa shape index (κ3) is 2.41. The molecule has 0 spiro atoms. The minimum absolute atomic E-state index is 0.224. The van der Waals surface area contributed by atoms with Crippen LogP contribution in [-0.2, 0) is 21.4 Å². The zero-order valence-electron chi connectivity index (χ0n) is 11.4. The molecule has 0 radical (unpaired) electrons. The molecule has 0 atom stereocenters. The number of furan rings is 1. The average molecular weight is 270 g/mol. The number of hydrogen-bond donors (Lipinski definition) is 0. The third-order valence-electron chi connectivity index (χ3n) is 4.12. The molecule has 1 aromatic heterocycles. The van der Waals surface area contributed by atoms with Gasteiger partial charge in [-0.05, 0) is 30.5 Å². The number of ketones is 1. The Kier molecular flexibility index (Phi) is 3.70. The van der Waals surface area contributed by atoms with E-state index in [0.29, 0.717) is 19.6 Å². The fraction of sp³-hybridized carbons (Fsp3) is 0.353. The summed E-state index contributed by atoms with van der Waals surface area (Å²) >= 11 is 0. The summed E-state index contributed by atoms with van der Waals surface area (Å²) in [7, 11) is 0. The lowest BCUT2D eigenvalue weighted by Crippen LogP contribution is -2.42. The largest absolute Gasteiger partial charge is 0.469 e. The van der Waals surface area contributed by atoms with E-state index in [1.807, 2.05) is 42.5 Å². The first-order valence-corrected chi connectivity index (χ1v) is 7.00. The van der Waals surface area contributed by atoms with Crippen molar-refractivity contribution in [1.82, 2.24) is 0 Å². The number of carbonyl (C=O) groups is 1. The molecular formula is C17H18O3. The first kappa shape index (κ1) is 13.1. The fourth-order valence-electron chi connectivity index (χ4n) is 2.95. The second-order valence-corrected chi connectivity index (χ2v) is 5.24. The van der Waals surface area contributed by atoms with Crippen LogP contribution in [-0.4, -0.2) is 19.0 Å². The van der Waals surface area contributed by atoms with Gasteiger partial charge in [0.25, 0.3) is 0 Å². The van der Waals surface area contributed by atoms with Gasteiger partial charge < -0.3 is 9.15 Å². The molecule has 0 unspecified atom stereocenters. The van der Waals surface area contributed by atoms with Crippen LogP contribution in [0.15, 0.2) is 53.1 Å². The van der Waals surface area contributed by atoms with Crippen molar-refractivity contribution >= 4 is 5.78 Å². The van der Waals surface area contributed by atoms with Crippen molar-refractivity contribution in [2.24, 2.45) is 0 Å². The first-order valence-electron chi connectivity index (χ1n) is 7.00. The average Bonchev–Trinajstić information content (AvgIpc) is 3.02. The molecule has 0 bridgehead atoms. The van der Waals surface area contributed by atoms with E-state index in [1.165, 1.54) is 0 Å². The Bertz CT molecular complexity index is 551. The quantitative estimate of drug-likeness (QED) is 0.856. The second kappa shape index (κ2) is 5.63. The molecule has 0 aliphatic carbocycles. The zero-order valence-corrected chi connectivity index (χ0v) is 11.4. The molecule has 0 saturated carbocycles. The van der Waals surface area contributed by atoms with Gasteiger partial charge in [0.2, 0.25) is 0 Å². The minimum Gasteiger partial charge on any atom is -0.469 e. The van der Waals surface area contributed by atoms with Crippen molar-refractivity contribution in [2.45, 2.75) is 24.7 Å². The fourth-order valence-corrected chi connectivity index (χ4v) is 2.95. The first-order chi connectivity index (χ1) is 9.81. The number of rotatable bonds is 4. The van der Waals surface area contributed by atoms with Gasteiger partial charge in [-0.3, -0.25) is 4.79 Å². The predicted octanol–water partition coefficient (Wildman–Crippen LogP) is 3.14. The van der Waals surface area contributed by atoms with E-state index in [0.717, 1.165) is 24.2 Å². The van der Waals surface area contributed by atoms with E-state index in [9.17, 15) is 4.79 Å². The Morgan fingerprint density at radius 3 is 2.45 bits per heavy atom. The van der Waals surface area contributed by atoms with Crippen LogP contribution in [0.1, 0.15) is 24.2 Å². The molecule has 1 aromatic carbocycles. The molecular weight excluding hydrogens is 252 g/mol. The maximum absolute atomic E-state index is 12.9. The van der Waals surface area contributed by atoms with Gasteiger partial charge in [-0.15, -0.1) is 0 Å². The number of benzene rings is 1. The summed E-state index contributed by atoms with van der Waals surface area (Å²) in [5, 5.41) is 0. The number of ether oxygens (including phenoxy) is 1. The molecule has 2 aromatic rings. The maximum Gasteiger partial charge on any atom is 0.151 e. The van der Waals surface area contributed by atoms with Crippen molar-refractivity contribution in [3.63, 3.8) is 0 Å². The van der Waals surface area contributed by atoms with Gasteiger partial charge in [-0.2, -0.15) is 0 Å². The number of hydrogen-bond acceptors (Lipinski definition) is 3. The second-order valence-electron chi connectivity index (χ2n) is 5.24. The summed E-state index contributed by atoms with van der Waals surface area (Å²) in [6.07, 6.45) is 3.46. The van der Waals surface area contributed by atoms with Crippen LogP contribution in [0.4, 0.5) is 0 Å². The highest BCUT2D eigenvalue weighted by Gasteiger charge is 2.41. The Hall–Kier alpha value is -1.87. The molecule has 20 heavy (non-hydrogen) atoms. The molecule has 0 amide bonds. The third-order valence-corrected chi connectivity index (χ3v) is 4.12.